The van der Waals surface area contributed by atoms with Gasteiger partial charge in [0.05, 0.1) is 5.69 Å². The van der Waals surface area contributed by atoms with E-state index < -0.39 is 6.17 Å². The molecule has 1 amide bonds. The summed E-state index contributed by atoms with van der Waals surface area (Å²) in [6, 6.07) is 22.9. The molecule has 1 unspecified atom stereocenters. The monoisotopic (exact) mass is 420 g/mol. The maximum Gasteiger partial charge on any atom is 0.300 e. The number of para-hydroxylation sites is 1. The largest absolute Gasteiger partial charge is 0.300 e. The highest BCUT2D eigenvalue weighted by Crippen LogP contribution is 2.46. The summed E-state index contributed by atoms with van der Waals surface area (Å²) < 4.78 is 1.72. The second-order valence-electron chi connectivity index (χ2n) is 8.46. The molecule has 6 heteroatoms. The molecule has 0 saturated carbocycles. The molecular formula is C26H20N4O2. The predicted octanol–water partition coefficient (Wildman–Crippen LogP) is 4.62. The Morgan fingerprint density at radius 1 is 0.844 bits per heavy atom. The second kappa shape index (κ2) is 6.72. The minimum absolute atomic E-state index is 0.0768. The standard InChI is InChI=1S/C26H20N4O2/c1-15(2)16-11-13-17(14-12-16)22-24(31)27-23-20-9-5-6-10-21(20)29-25(30(23)28-22)18-7-3-4-8-19(18)26(29)32/h3-15,25H,1-2H3. The number of benzene rings is 3. The van der Waals surface area contributed by atoms with E-state index in [9.17, 15) is 9.59 Å². The number of carbonyl (C=O) groups is 1. The van der Waals surface area contributed by atoms with E-state index in [0.29, 0.717) is 22.9 Å². The van der Waals surface area contributed by atoms with Crippen LogP contribution in [-0.2, 0) is 0 Å². The van der Waals surface area contributed by atoms with Crippen LogP contribution in [-0.4, -0.2) is 20.7 Å². The van der Waals surface area contributed by atoms with Crippen molar-refractivity contribution in [2.45, 2.75) is 25.9 Å². The van der Waals surface area contributed by atoms with Gasteiger partial charge >= 0.3 is 0 Å². The number of fused-ring (bicyclic) bond motifs is 8. The molecule has 3 aromatic carbocycles. The molecule has 6 rings (SSSR count). The lowest BCUT2D eigenvalue weighted by atomic mass is 10.0. The quantitative estimate of drug-likeness (QED) is 0.475. The van der Waals surface area contributed by atoms with Crippen LogP contribution in [0.1, 0.15) is 47.4 Å². The summed E-state index contributed by atoms with van der Waals surface area (Å²) in [7, 11) is 0. The van der Waals surface area contributed by atoms with Crippen molar-refractivity contribution in [3.8, 4) is 22.6 Å². The number of carbonyl (C=O) groups excluding carboxylic acids is 1. The molecule has 0 N–H and O–H groups in total. The molecule has 0 fully saturated rings. The third-order valence-electron chi connectivity index (χ3n) is 6.25. The van der Waals surface area contributed by atoms with Crippen LogP contribution in [0.4, 0.5) is 5.69 Å². The normalized spacial score (nSPS) is 15.9. The van der Waals surface area contributed by atoms with E-state index in [1.807, 2.05) is 72.8 Å². The number of anilines is 1. The number of rotatable bonds is 2. The van der Waals surface area contributed by atoms with Gasteiger partial charge in [-0.25, -0.2) is 4.68 Å². The molecule has 1 aromatic heterocycles. The highest BCUT2D eigenvalue weighted by atomic mass is 16.2. The molecule has 0 bridgehead atoms. The highest BCUT2D eigenvalue weighted by molar-refractivity contribution is 6.13. The van der Waals surface area contributed by atoms with Gasteiger partial charge in [-0.05, 0) is 29.7 Å². The van der Waals surface area contributed by atoms with Gasteiger partial charge in [-0.2, -0.15) is 10.1 Å². The minimum atomic E-state index is -0.481. The predicted molar refractivity (Wildman–Crippen MR) is 123 cm³/mol. The van der Waals surface area contributed by atoms with Crippen LogP contribution in [0.2, 0.25) is 0 Å². The van der Waals surface area contributed by atoms with Gasteiger partial charge in [0.1, 0.15) is 0 Å². The average Bonchev–Trinajstić information content (AvgIpc) is 3.12. The fraction of sp³-hybridized carbons (Fsp3) is 0.154. The Kier molecular flexibility index (Phi) is 3.92. The Hall–Kier alpha value is -4.06. The van der Waals surface area contributed by atoms with Gasteiger partial charge in [-0.15, -0.1) is 0 Å². The number of amides is 1. The highest BCUT2D eigenvalue weighted by Gasteiger charge is 2.44. The number of hydrogen-bond donors (Lipinski definition) is 0. The van der Waals surface area contributed by atoms with E-state index in [1.165, 1.54) is 5.56 Å². The van der Waals surface area contributed by atoms with Gasteiger partial charge in [0.25, 0.3) is 11.5 Å². The van der Waals surface area contributed by atoms with E-state index in [-0.39, 0.29) is 17.2 Å². The van der Waals surface area contributed by atoms with Crippen LogP contribution in [0, 0.1) is 0 Å². The lowest BCUT2D eigenvalue weighted by molar-refractivity contribution is 0.0986. The SMILES string of the molecule is CC(C)c1ccc(-c2nn3c(nc2=O)-c2ccccc2N2C(=O)c4ccccc4C23)cc1. The molecule has 32 heavy (non-hydrogen) atoms. The van der Waals surface area contributed by atoms with Crippen LogP contribution in [0.3, 0.4) is 0 Å². The molecule has 1 atom stereocenters. The first-order valence-electron chi connectivity index (χ1n) is 10.7. The van der Waals surface area contributed by atoms with Gasteiger partial charge in [0, 0.05) is 22.3 Å². The lowest BCUT2D eigenvalue weighted by Crippen LogP contribution is -2.39. The molecule has 0 spiro atoms. The maximum atomic E-state index is 13.3. The zero-order valence-corrected chi connectivity index (χ0v) is 17.7. The first-order chi connectivity index (χ1) is 15.5. The Morgan fingerprint density at radius 2 is 1.53 bits per heavy atom. The van der Waals surface area contributed by atoms with Crippen molar-refractivity contribution in [3.05, 3.63) is 99.8 Å². The smallest absolute Gasteiger partial charge is 0.280 e. The van der Waals surface area contributed by atoms with E-state index in [4.69, 9.17) is 5.10 Å². The molecule has 3 heterocycles. The third-order valence-corrected chi connectivity index (χ3v) is 6.25. The van der Waals surface area contributed by atoms with Gasteiger partial charge in [-0.1, -0.05) is 68.4 Å². The van der Waals surface area contributed by atoms with Crippen LogP contribution in [0.15, 0.2) is 77.6 Å². The first kappa shape index (κ1) is 18.7. The summed E-state index contributed by atoms with van der Waals surface area (Å²) in [5.74, 6) is 0.789. The minimum Gasteiger partial charge on any atom is -0.280 e. The zero-order chi connectivity index (χ0) is 22.0. The number of aromatic nitrogens is 3. The molecule has 156 valence electrons. The van der Waals surface area contributed by atoms with Gasteiger partial charge in [0.2, 0.25) is 0 Å². The van der Waals surface area contributed by atoms with Crippen molar-refractivity contribution in [2.75, 3.05) is 4.90 Å². The molecule has 2 aliphatic heterocycles. The van der Waals surface area contributed by atoms with Crippen molar-refractivity contribution in [2.24, 2.45) is 0 Å². The summed E-state index contributed by atoms with van der Waals surface area (Å²) in [4.78, 5) is 32.6. The van der Waals surface area contributed by atoms with Crippen LogP contribution in [0.25, 0.3) is 22.6 Å². The van der Waals surface area contributed by atoms with Crippen LogP contribution < -0.4 is 10.5 Å². The Bertz CT molecular complexity index is 1450. The van der Waals surface area contributed by atoms with Crippen molar-refractivity contribution in [1.82, 2.24) is 14.8 Å². The topological polar surface area (TPSA) is 68.1 Å². The van der Waals surface area contributed by atoms with Crippen molar-refractivity contribution < 1.29 is 4.79 Å². The Labute approximate surface area is 184 Å². The van der Waals surface area contributed by atoms with Gasteiger partial charge < -0.3 is 0 Å². The Morgan fingerprint density at radius 3 is 2.28 bits per heavy atom. The summed E-state index contributed by atoms with van der Waals surface area (Å²) in [5.41, 5.74) is 4.75. The van der Waals surface area contributed by atoms with E-state index in [1.54, 1.807) is 9.58 Å². The zero-order valence-electron chi connectivity index (χ0n) is 17.7. The van der Waals surface area contributed by atoms with Crippen molar-refractivity contribution in [3.63, 3.8) is 0 Å². The molecule has 0 saturated heterocycles. The van der Waals surface area contributed by atoms with Gasteiger partial charge in [0.15, 0.2) is 17.7 Å². The van der Waals surface area contributed by atoms with Crippen LogP contribution >= 0.6 is 0 Å². The summed E-state index contributed by atoms with van der Waals surface area (Å²) >= 11 is 0. The van der Waals surface area contributed by atoms with Crippen LogP contribution in [0.5, 0.6) is 0 Å². The van der Waals surface area contributed by atoms with E-state index in [2.05, 4.69) is 18.8 Å². The Balaban J connectivity index is 1.61. The fourth-order valence-corrected chi connectivity index (χ4v) is 4.61. The van der Waals surface area contributed by atoms with Crippen molar-refractivity contribution >= 4 is 11.6 Å². The molecule has 2 aliphatic rings. The summed E-state index contributed by atoms with van der Waals surface area (Å²) in [6.45, 7) is 4.26. The number of hydrogen-bond acceptors (Lipinski definition) is 4. The lowest BCUT2D eigenvalue weighted by Gasteiger charge is -2.34. The molecule has 6 nitrogen and oxygen atoms in total. The first-order valence-corrected chi connectivity index (χ1v) is 10.7. The third kappa shape index (κ3) is 2.52. The average molecular weight is 420 g/mol. The number of nitrogens with zero attached hydrogens (tertiary/aromatic N) is 4. The van der Waals surface area contributed by atoms with E-state index >= 15 is 0 Å². The van der Waals surface area contributed by atoms with E-state index in [0.717, 1.165) is 16.8 Å². The second-order valence-corrected chi connectivity index (χ2v) is 8.46. The fourth-order valence-electron chi connectivity index (χ4n) is 4.61. The maximum absolute atomic E-state index is 13.3. The molecular weight excluding hydrogens is 400 g/mol. The summed E-state index contributed by atoms with van der Waals surface area (Å²) in [5, 5.41) is 4.78. The molecule has 0 aliphatic carbocycles. The van der Waals surface area contributed by atoms with Crippen molar-refractivity contribution in [1.29, 1.82) is 0 Å². The molecule has 0 radical (unpaired) electrons. The summed E-state index contributed by atoms with van der Waals surface area (Å²) in [6.07, 6.45) is -0.481. The molecule has 4 aromatic rings. The van der Waals surface area contributed by atoms with Gasteiger partial charge in [-0.3, -0.25) is 14.5 Å².